The Bertz CT molecular complexity index is 363. The summed E-state index contributed by atoms with van der Waals surface area (Å²) in [6.07, 6.45) is 4.38. The molecule has 1 fully saturated rings. The number of nitrogens with two attached hydrogens (primary N) is 1. The summed E-state index contributed by atoms with van der Waals surface area (Å²) < 4.78 is 1.68. The van der Waals surface area contributed by atoms with Gasteiger partial charge < -0.3 is 10.8 Å². The highest BCUT2D eigenvalue weighted by atomic mass is 16.3. The second-order valence-electron chi connectivity index (χ2n) is 3.93. The van der Waals surface area contributed by atoms with E-state index in [1.165, 1.54) is 6.33 Å². The van der Waals surface area contributed by atoms with Gasteiger partial charge in [0.25, 0.3) is 5.91 Å². The van der Waals surface area contributed by atoms with Gasteiger partial charge in [0.1, 0.15) is 6.33 Å². The molecule has 1 aliphatic carbocycles. The van der Waals surface area contributed by atoms with Crippen LogP contribution in [-0.4, -0.2) is 32.4 Å². The zero-order valence-corrected chi connectivity index (χ0v) is 8.33. The lowest BCUT2D eigenvalue weighted by atomic mass is 10.1. The minimum absolute atomic E-state index is 0.0578. The Morgan fingerprint density at radius 3 is 3.00 bits per heavy atom. The standard InChI is InChI=1S/C9H14N4O2/c10-8(15)9-11-5-13(12-9)7-2-1-6(3-7)4-14/h5-7,14H,1-4H2,(H2,10,15)/t6-,7+/m1/s1. The summed E-state index contributed by atoms with van der Waals surface area (Å²) in [5.74, 6) is -0.205. The molecule has 1 aromatic heterocycles. The van der Waals surface area contributed by atoms with E-state index in [9.17, 15) is 4.79 Å². The van der Waals surface area contributed by atoms with Gasteiger partial charge in [-0.2, -0.15) is 0 Å². The van der Waals surface area contributed by atoms with E-state index in [4.69, 9.17) is 10.8 Å². The minimum atomic E-state index is -0.606. The summed E-state index contributed by atoms with van der Waals surface area (Å²) in [7, 11) is 0. The highest BCUT2D eigenvalue weighted by molar-refractivity contribution is 5.88. The molecule has 0 radical (unpaired) electrons. The first-order chi connectivity index (χ1) is 7.20. The Hall–Kier alpha value is -1.43. The molecule has 0 spiro atoms. The van der Waals surface area contributed by atoms with Crippen molar-refractivity contribution in [3.05, 3.63) is 12.2 Å². The molecule has 1 aliphatic rings. The zero-order chi connectivity index (χ0) is 10.8. The predicted octanol–water partition coefficient (Wildman–Crippen LogP) is -0.290. The topological polar surface area (TPSA) is 94.0 Å². The number of carbonyl (C=O) groups is 1. The number of amides is 1. The molecule has 0 saturated heterocycles. The van der Waals surface area contributed by atoms with Crippen LogP contribution >= 0.6 is 0 Å². The van der Waals surface area contributed by atoms with Gasteiger partial charge in [0.15, 0.2) is 0 Å². The van der Waals surface area contributed by atoms with E-state index in [2.05, 4.69) is 10.1 Å². The maximum Gasteiger partial charge on any atom is 0.288 e. The molecule has 82 valence electrons. The van der Waals surface area contributed by atoms with Crippen molar-refractivity contribution in [3.8, 4) is 0 Å². The Labute approximate surface area is 87.1 Å². The third kappa shape index (κ3) is 1.99. The number of hydrogen-bond donors (Lipinski definition) is 2. The summed E-state index contributed by atoms with van der Waals surface area (Å²) >= 11 is 0. The average Bonchev–Trinajstić information content (AvgIpc) is 2.86. The fourth-order valence-electron chi connectivity index (χ4n) is 2.02. The van der Waals surface area contributed by atoms with Crippen LogP contribution in [0.15, 0.2) is 6.33 Å². The van der Waals surface area contributed by atoms with Crippen molar-refractivity contribution < 1.29 is 9.90 Å². The maximum atomic E-state index is 10.8. The molecule has 6 nitrogen and oxygen atoms in total. The van der Waals surface area contributed by atoms with Crippen LogP contribution in [0.3, 0.4) is 0 Å². The van der Waals surface area contributed by atoms with E-state index >= 15 is 0 Å². The normalized spacial score (nSPS) is 25.7. The molecule has 1 heterocycles. The first-order valence-corrected chi connectivity index (χ1v) is 5.02. The monoisotopic (exact) mass is 210 g/mol. The Morgan fingerprint density at radius 1 is 1.67 bits per heavy atom. The highest BCUT2D eigenvalue weighted by Crippen LogP contribution is 2.33. The predicted molar refractivity (Wildman–Crippen MR) is 52.0 cm³/mol. The first kappa shape index (κ1) is 10.1. The van der Waals surface area contributed by atoms with Crippen LogP contribution in [0.4, 0.5) is 0 Å². The van der Waals surface area contributed by atoms with E-state index in [1.54, 1.807) is 4.68 Å². The van der Waals surface area contributed by atoms with Crippen molar-refractivity contribution in [2.45, 2.75) is 25.3 Å². The van der Waals surface area contributed by atoms with Gasteiger partial charge in [0, 0.05) is 6.61 Å². The molecule has 0 bridgehead atoms. The van der Waals surface area contributed by atoms with Crippen molar-refractivity contribution >= 4 is 5.91 Å². The molecule has 1 amide bonds. The molecule has 1 saturated carbocycles. The second kappa shape index (κ2) is 3.98. The number of aliphatic hydroxyl groups excluding tert-OH is 1. The molecule has 0 unspecified atom stereocenters. The van der Waals surface area contributed by atoms with Crippen molar-refractivity contribution in [3.63, 3.8) is 0 Å². The Kier molecular flexibility index (Phi) is 2.68. The van der Waals surface area contributed by atoms with Gasteiger partial charge in [-0.05, 0) is 25.2 Å². The van der Waals surface area contributed by atoms with Crippen molar-refractivity contribution in [2.24, 2.45) is 11.7 Å². The van der Waals surface area contributed by atoms with Crippen LogP contribution in [0.1, 0.15) is 35.9 Å². The van der Waals surface area contributed by atoms with Gasteiger partial charge in [0.05, 0.1) is 6.04 Å². The van der Waals surface area contributed by atoms with Gasteiger partial charge >= 0.3 is 0 Å². The fourth-order valence-corrected chi connectivity index (χ4v) is 2.02. The molecule has 15 heavy (non-hydrogen) atoms. The summed E-state index contributed by atoms with van der Waals surface area (Å²) in [6.45, 7) is 0.216. The molecular formula is C9H14N4O2. The van der Waals surface area contributed by atoms with Crippen LogP contribution in [0.5, 0.6) is 0 Å². The molecule has 0 aromatic carbocycles. The van der Waals surface area contributed by atoms with Crippen molar-refractivity contribution in [1.82, 2.24) is 14.8 Å². The number of aromatic nitrogens is 3. The van der Waals surface area contributed by atoms with Crippen LogP contribution < -0.4 is 5.73 Å². The number of primary amides is 1. The lowest BCUT2D eigenvalue weighted by Crippen LogP contribution is -2.14. The van der Waals surface area contributed by atoms with Crippen LogP contribution in [-0.2, 0) is 0 Å². The minimum Gasteiger partial charge on any atom is -0.396 e. The van der Waals surface area contributed by atoms with E-state index in [0.717, 1.165) is 19.3 Å². The third-order valence-electron chi connectivity index (χ3n) is 2.87. The van der Waals surface area contributed by atoms with Crippen LogP contribution in [0.2, 0.25) is 0 Å². The van der Waals surface area contributed by atoms with Gasteiger partial charge in [0.2, 0.25) is 5.82 Å². The summed E-state index contributed by atoms with van der Waals surface area (Å²) in [5.41, 5.74) is 5.06. The second-order valence-corrected chi connectivity index (χ2v) is 3.93. The molecule has 2 rings (SSSR count). The zero-order valence-electron chi connectivity index (χ0n) is 8.33. The number of aliphatic hydroxyl groups is 1. The highest BCUT2D eigenvalue weighted by Gasteiger charge is 2.26. The fraction of sp³-hybridized carbons (Fsp3) is 0.667. The quantitative estimate of drug-likeness (QED) is 0.716. The summed E-state index contributed by atoms with van der Waals surface area (Å²) in [4.78, 5) is 14.6. The molecule has 2 atom stereocenters. The summed E-state index contributed by atoms with van der Waals surface area (Å²) in [6, 6.07) is 0.239. The number of carbonyl (C=O) groups excluding carboxylic acids is 1. The SMILES string of the molecule is NC(=O)c1ncn([C@H]2CC[C@@H](CO)C2)n1. The molecular weight excluding hydrogens is 196 g/mol. The molecule has 1 aromatic rings. The third-order valence-corrected chi connectivity index (χ3v) is 2.87. The lowest BCUT2D eigenvalue weighted by Gasteiger charge is -2.08. The molecule has 3 N–H and O–H groups in total. The summed E-state index contributed by atoms with van der Waals surface area (Å²) in [5, 5.41) is 13.0. The lowest BCUT2D eigenvalue weighted by molar-refractivity contribution is 0.0990. The molecule has 6 heteroatoms. The number of rotatable bonds is 3. The van der Waals surface area contributed by atoms with Gasteiger partial charge in [-0.25, -0.2) is 9.67 Å². The van der Waals surface area contributed by atoms with Crippen LogP contribution in [0, 0.1) is 5.92 Å². The largest absolute Gasteiger partial charge is 0.396 e. The van der Waals surface area contributed by atoms with Crippen LogP contribution in [0.25, 0.3) is 0 Å². The number of hydrogen-bond acceptors (Lipinski definition) is 4. The molecule has 0 aliphatic heterocycles. The van der Waals surface area contributed by atoms with E-state index < -0.39 is 5.91 Å². The van der Waals surface area contributed by atoms with E-state index in [-0.39, 0.29) is 18.5 Å². The smallest absolute Gasteiger partial charge is 0.288 e. The maximum absolute atomic E-state index is 10.8. The van der Waals surface area contributed by atoms with Gasteiger partial charge in [-0.15, -0.1) is 5.10 Å². The first-order valence-electron chi connectivity index (χ1n) is 5.02. The van der Waals surface area contributed by atoms with E-state index in [1.807, 2.05) is 0 Å². The Balaban J connectivity index is 2.07. The average molecular weight is 210 g/mol. The number of nitrogens with zero attached hydrogens (tertiary/aromatic N) is 3. The van der Waals surface area contributed by atoms with Crippen molar-refractivity contribution in [2.75, 3.05) is 6.61 Å². The van der Waals surface area contributed by atoms with Gasteiger partial charge in [-0.3, -0.25) is 4.79 Å². The Morgan fingerprint density at radius 2 is 2.47 bits per heavy atom. The van der Waals surface area contributed by atoms with E-state index in [0.29, 0.717) is 5.92 Å². The van der Waals surface area contributed by atoms with Gasteiger partial charge in [-0.1, -0.05) is 0 Å². The van der Waals surface area contributed by atoms with Crippen molar-refractivity contribution in [1.29, 1.82) is 0 Å².